The van der Waals surface area contributed by atoms with E-state index >= 15 is 0 Å². The maximum absolute atomic E-state index is 14.3. The molecule has 2 N–H and O–H groups in total. The number of halogens is 2. The third-order valence-electron chi connectivity index (χ3n) is 2.83. The van der Waals surface area contributed by atoms with Crippen LogP contribution in [0.15, 0.2) is 16.6 Å². The van der Waals surface area contributed by atoms with E-state index in [1.807, 2.05) is 24.8 Å². The van der Waals surface area contributed by atoms with Crippen molar-refractivity contribution in [3.05, 3.63) is 28.0 Å². The normalized spacial score (nSPS) is 11.1. The van der Waals surface area contributed by atoms with Gasteiger partial charge < -0.3 is 15.4 Å². The average molecular weight is 319 g/mol. The number of methoxy groups -OCH3 is 1. The van der Waals surface area contributed by atoms with Crippen LogP contribution in [-0.4, -0.2) is 26.3 Å². The largest absolute Gasteiger partial charge is 0.383 e. The minimum atomic E-state index is -0.261. The average Bonchev–Trinajstić information content (AvgIpc) is 2.34. The summed E-state index contributed by atoms with van der Waals surface area (Å²) in [6.07, 6.45) is 0. The molecule has 102 valence electrons. The smallest absolute Gasteiger partial charge is 0.160 e. The Bertz CT molecular complexity index is 399. The number of nitrogens with zero attached hydrogens (tertiary/aromatic N) is 1. The van der Waals surface area contributed by atoms with E-state index in [9.17, 15) is 4.39 Å². The third kappa shape index (κ3) is 3.43. The van der Waals surface area contributed by atoms with Crippen LogP contribution in [0.5, 0.6) is 0 Å². The van der Waals surface area contributed by atoms with Crippen molar-refractivity contribution in [1.29, 1.82) is 0 Å². The second kappa shape index (κ2) is 7.07. The van der Waals surface area contributed by atoms with Crippen LogP contribution in [0.2, 0.25) is 0 Å². The molecule has 0 aliphatic heterocycles. The van der Waals surface area contributed by atoms with E-state index in [2.05, 4.69) is 15.9 Å². The van der Waals surface area contributed by atoms with Crippen molar-refractivity contribution < 1.29 is 9.13 Å². The number of hydrogen-bond acceptors (Lipinski definition) is 3. The lowest BCUT2D eigenvalue weighted by atomic mass is 10.1. The van der Waals surface area contributed by atoms with Gasteiger partial charge in [-0.05, 0) is 41.4 Å². The predicted molar refractivity (Wildman–Crippen MR) is 76.3 cm³/mol. The highest BCUT2D eigenvalue weighted by Gasteiger charge is 2.18. The van der Waals surface area contributed by atoms with Gasteiger partial charge in [-0.15, -0.1) is 0 Å². The maximum atomic E-state index is 14.3. The number of nitrogens with two attached hydrogens (primary N) is 1. The molecule has 0 saturated heterocycles. The van der Waals surface area contributed by atoms with E-state index < -0.39 is 0 Å². The molecule has 0 aromatic heterocycles. The first-order valence-corrected chi connectivity index (χ1v) is 6.74. The van der Waals surface area contributed by atoms with Gasteiger partial charge in [-0.1, -0.05) is 6.07 Å². The Morgan fingerprint density at radius 3 is 2.61 bits per heavy atom. The van der Waals surface area contributed by atoms with Crippen molar-refractivity contribution in [3.8, 4) is 0 Å². The lowest BCUT2D eigenvalue weighted by molar-refractivity contribution is 0.203. The SMILES string of the molecule is COCCN(c1ccc(CN)c(Br)c1F)C(C)C. The molecule has 0 fully saturated rings. The Morgan fingerprint density at radius 1 is 1.44 bits per heavy atom. The number of anilines is 1. The summed E-state index contributed by atoms with van der Waals surface area (Å²) in [5.41, 5.74) is 6.90. The van der Waals surface area contributed by atoms with Gasteiger partial charge in [-0.25, -0.2) is 4.39 Å². The summed E-state index contributed by atoms with van der Waals surface area (Å²) < 4.78 is 19.8. The van der Waals surface area contributed by atoms with Crippen LogP contribution in [0.4, 0.5) is 10.1 Å². The van der Waals surface area contributed by atoms with Crippen LogP contribution >= 0.6 is 15.9 Å². The molecule has 0 saturated carbocycles. The van der Waals surface area contributed by atoms with E-state index in [0.717, 1.165) is 5.56 Å². The summed E-state index contributed by atoms with van der Waals surface area (Å²) in [6, 6.07) is 3.83. The molecule has 0 aliphatic carbocycles. The molecule has 1 aromatic carbocycles. The molecule has 3 nitrogen and oxygen atoms in total. The van der Waals surface area contributed by atoms with Gasteiger partial charge in [0.15, 0.2) is 5.82 Å². The zero-order chi connectivity index (χ0) is 13.7. The molecular weight excluding hydrogens is 299 g/mol. The molecule has 0 radical (unpaired) electrons. The third-order valence-corrected chi connectivity index (χ3v) is 3.69. The van der Waals surface area contributed by atoms with E-state index in [0.29, 0.717) is 29.9 Å². The molecule has 18 heavy (non-hydrogen) atoms. The fourth-order valence-electron chi connectivity index (χ4n) is 1.81. The van der Waals surface area contributed by atoms with Gasteiger partial charge in [0.2, 0.25) is 0 Å². The van der Waals surface area contributed by atoms with Crippen molar-refractivity contribution in [3.63, 3.8) is 0 Å². The lowest BCUT2D eigenvalue weighted by Gasteiger charge is -2.29. The van der Waals surface area contributed by atoms with E-state index in [1.54, 1.807) is 13.2 Å². The van der Waals surface area contributed by atoms with Crippen LogP contribution in [-0.2, 0) is 11.3 Å². The predicted octanol–water partition coefficient (Wildman–Crippen LogP) is 2.91. The fraction of sp³-hybridized carbons (Fsp3) is 0.538. The fourth-order valence-corrected chi connectivity index (χ4v) is 2.30. The first-order valence-electron chi connectivity index (χ1n) is 5.95. The Labute approximate surface area is 116 Å². The van der Waals surface area contributed by atoms with Crippen LogP contribution in [0.25, 0.3) is 0 Å². The molecule has 0 amide bonds. The van der Waals surface area contributed by atoms with E-state index in [-0.39, 0.29) is 11.9 Å². The standard InChI is InChI=1S/C13H20BrFN2O/c1-9(2)17(6-7-18-3)11-5-4-10(8-16)12(14)13(11)15/h4-5,9H,6-8,16H2,1-3H3. The van der Waals surface area contributed by atoms with E-state index in [4.69, 9.17) is 10.5 Å². The molecule has 0 heterocycles. The van der Waals surface area contributed by atoms with Crippen molar-refractivity contribution in [2.45, 2.75) is 26.4 Å². The first kappa shape index (κ1) is 15.4. The van der Waals surface area contributed by atoms with Crippen molar-refractivity contribution in [2.24, 2.45) is 5.73 Å². The molecule has 0 spiro atoms. The number of ether oxygens (including phenoxy) is 1. The Hall–Kier alpha value is -0.650. The lowest BCUT2D eigenvalue weighted by Crippen LogP contribution is -2.34. The molecule has 1 aromatic rings. The first-order chi connectivity index (χ1) is 8.52. The highest BCUT2D eigenvalue weighted by Crippen LogP contribution is 2.30. The van der Waals surface area contributed by atoms with Crippen LogP contribution in [0.3, 0.4) is 0 Å². The van der Waals surface area contributed by atoms with Crippen LogP contribution in [0, 0.1) is 5.82 Å². The van der Waals surface area contributed by atoms with Crippen molar-refractivity contribution in [2.75, 3.05) is 25.2 Å². The summed E-state index contributed by atoms with van der Waals surface area (Å²) in [6.45, 7) is 5.59. The Morgan fingerprint density at radius 2 is 2.11 bits per heavy atom. The zero-order valence-electron chi connectivity index (χ0n) is 11.0. The molecule has 0 aliphatic rings. The molecule has 5 heteroatoms. The van der Waals surface area contributed by atoms with Gasteiger partial charge in [0.25, 0.3) is 0 Å². The molecule has 0 atom stereocenters. The van der Waals surface area contributed by atoms with Gasteiger partial charge in [0.1, 0.15) is 0 Å². The highest BCUT2D eigenvalue weighted by atomic mass is 79.9. The summed E-state index contributed by atoms with van der Waals surface area (Å²) in [7, 11) is 1.64. The molecule has 0 bridgehead atoms. The Balaban J connectivity index is 3.09. The minimum absolute atomic E-state index is 0.199. The summed E-state index contributed by atoms with van der Waals surface area (Å²) in [5, 5.41) is 0. The minimum Gasteiger partial charge on any atom is -0.383 e. The van der Waals surface area contributed by atoms with Crippen molar-refractivity contribution in [1.82, 2.24) is 0 Å². The van der Waals surface area contributed by atoms with E-state index in [1.165, 1.54) is 0 Å². The van der Waals surface area contributed by atoms with Crippen LogP contribution < -0.4 is 10.6 Å². The molecular formula is C13H20BrFN2O. The van der Waals surface area contributed by atoms with Crippen molar-refractivity contribution >= 4 is 21.6 Å². The Kier molecular flexibility index (Phi) is 6.05. The number of benzene rings is 1. The second-order valence-electron chi connectivity index (χ2n) is 4.36. The van der Waals surface area contributed by atoms with Gasteiger partial charge >= 0.3 is 0 Å². The van der Waals surface area contributed by atoms with Gasteiger partial charge in [0, 0.05) is 26.2 Å². The highest BCUT2D eigenvalue weighted by molar-refractivity contribution is 9.10. The van der Waals surface area contributed by atoms with Gasteiger partial charge in [-0.3, -0.25) is 0 Å². The monoisotopic (exact) mass is 318 g/mol. The molecule has 1 rings (SSSR count). The maximum Gasteiger partial charge on any atom is 0.160 e. The second-order valence-corrected chi connectivity index (χ2v) is 5.15. The number of rotatable bonds is 6. The zero-order valence-corrected chi connectivity index (χ0v) is 12.6. The number of hydrogen-bond donors (Lipinski definition) is 1. The van der Waals surface area contributed by atoms with Gasteiger partial charge in [-0.2, -0.15) is 0 Å². The summed E-state index contributed by atoms with van der Waals surface area (Å²) >= 11 is 3.26. The quantitative estimate of drug-likeness (QED) is 0.876. The van der Waals surface area contributed by atoms with Gasteiger partial charge in [0.05, 0.1) is 16.8 Å². The topological polar surface area (TPSA) is 38.5 Å². The summed E-state index contributed by atoms with van der Waals surface area (Å²) in [5.74, 6) is -0.261. The summed E-state index contributed by atoms with van der Waals surface area (Å²) in [4.78, 5) is 1.98. The molecule has 0 unspecified atom stereocenters. The van der Waals surface area contributed by atoms with Crippen LogP contribution in [0.1, 0.15) is 19.4 Å².